The van der Waals surface area contributed by atoms with Gasteiger partial charge in [-0.25, -0.2) is 0 Å². The highest BCUT2D eigenvalue weighted by atomic mass is 16.2. The molecule has 0 atom stereocenters. The normalized spacial score (nSPS) is 16.3. The molecule has 5 heteroatoms. The Balaban J connectivity index is 2.42. The minimum Gasteiger partial charge on any atom is -0.342 e. The van der Waals surface area contributed by atoms with Gasteiger partial charge in [-0.1, -0.05) is 13.8 Å². The SMILES string of the molecule is CCC(CC)C(=O)N1CCN(CC(=O)N(CC)CC)CC1. The van der Waals surface area contributed by atoms with Gasteiger partial charge in [0.2, 0.25) is 11.8 Å². The molecule has 1 fully saturated rings. The van der Waals surface area contributed by atoms with E-state index in [9.17, 15) is 9.59 Å². The maximum absolute atomic E-state index is 12.3. The standard InChI is InChI=1S/C16H31N3O2/c1-5-14(6-2)16(21)19-11-9-17(10-12-19)13-15(20)18(7-3)8-4/h14H,5-13H2,1-4H3. The van der Waals surface area contributed by atoms with E-state index in [4.69, 9.17) is 0 Å². The molecule has 0 aromatic rings. The summed E-state index contributed by atoms with van der Waals surface area (Å²) in [6.07, 6.45) is 1.83. The topological polar surface area (TPSA) is 43.9 Å². The maximum Gasteiger partial charge on any atom is 0.236 e. The van der Waals surface area contributed by atoms with Crippen molar-refractivity contribution in [3.8, 4) is 0 Å². The van der Waals surface area contributed by atoms with Crippen molar-refractivity contribution in [2.45, 2.75) is 40.5 Å². The Morgan fingerprint density at radius 1 is 0.952 bits per heavy atom. The number of hydrogen-bond acceptors (Lipinski definition) is 3. The Kier molecular flexibility index (Phi) is 7.72. The van der Waals surface area contributed by atoms with Crippen molar-refractivity contribution in [3.63, 3.8) is 0 Å². The Labute approximate surface area is 129 Å². The van der Waals surface area contributed by atoms with Gasteiger partial charge in [-0.15, -0.1) is 0 Å². The number of rotatable bonds is 7. The summed E-state index contributed by atoms with van der Waals surface area (Å²) < 4.78 is 0. The highest BCUT2D eigenvalue weighted by molar-refractivity contribution is 5.79. The molecule has 122 valence electrons. The molecular formula is C16H31N3O2. The number of carbonyl (C=O) groups is 2. The molecule has 1 aliphatic rings. The second-order valence-electron chi connectivity index (χ2n) is 5.68. The van der Waals surface area contributed by atoms with Crippen LogP contribution < -0.4 is 0 Å². The molecule has 5 nitrogen and oxygen atoms in total. The van der Waals surface area contributed by atoms with Crippen LogP contribution in [-0.4, -0.2) is 72.3 Å². The minimum atomic E-state index is 0.161. The summed E-state index contributed by atoms with van der Waals surface area (Å²) in [4.78, 5) is 30.4. The smallest absolute Gasteiger partial charge is 0.236 e. The van der Waals surface area contributed by atoms with Crippen LogP contribution in [0.1, 0.15) is 40.5 Å². The molecule has 1 rings (SSSR count). The van der Waals surface area contributed by atoms with Gasteiger partial charge in [0, 0.05) is 45.2 Å². The second kappa shape index (κ2) is 9.03. The number of nitrogens with zero attached hydrogens (tertiary/aromatic N) is 3. The molecule has 0 spiro atoms. The molecule has 0 bridgehead atoms. The number of likely N-dealkylation sites (N-methyl/N-ethyl adjacent to an activating group) is 1. The number of amides is 2. The van der Waals surface area contributed by atoms with E-state index in [2.05, 4.69) is 18.7 Å². The molecule has 0 aliphatic carbocycles. The van der Waals surface area contributed by atoms with E-state index in [0.717, 1.165) is 52.1 Å². The van der Waals surface area contributed by atoms with Gasteiger partial charge in [0.15, 0.2) is 0 Å². The summed E-state index contributed by atoms with van der Waals surface area (Å²) in [6, 6.07) is 0. The van der Waals surface area contributed by atoms with Crippen LogP contribution in [0.5, 0.6) is 0 Å². The van der Waals surface area contributed by atoms with Crippen molar-refractivity contribution < 1.29 is 9.59 Å². The molecule has 21 heavy (non-hydrogen) atoms. The predicted octanol–water partition coefficient (Wildman–Crippen LogP) is 1.44. The van der Waals surface area contributed by atoms with Crippen LogP contribution in [0.25, 0.3) is 0 Å². The first-order valence-corrected chi connectivity index (χ1v) is 8.36. The van der Waals surface area contributed by atoms with Gasteiger partial charge in [0.05, 0.1) is 6.54 Å². The lowest BCUT2D eigenvalue weighted by Gasteiger charge is -2.36. The Morgan fingerprint density at radius 2 is 1.48 bits per heavy atom. The highest BCUT2D eigenvalue weighted by Gasteiger charge is 2.26. The third kappa shape index (κ3) is 4.99. The van der Waals surface area contributed by atoms with Crippen molar-refractivity contribution in [3.05, 3.63) is 0 Å². The zero-order valence-corrected chi connectivity index (χ0v) is 14.1. The van der Waals surface area contributed by atoms with Crippen LogP contribution >= 0.6 is 0 Å². The summed E-state index contributed by atoms with van der Waals surface area (Å²) in [5.74, 6) is 0.642. The fourth-order valence-electron chi connectivity index (χ4n) is 2.89. The van der Waals surface area contributed by atoms with Crippen LogP contribution in [0.15, 0.2) is 0 Å². The minimum absolute atomic E-state index is 0.161. The zero-order valence-electron chi connectivity index (χ0n) is 14.1. The fraction of sp³-hybridized carbons (Fsp3) is 0.875. The Morgan fingerprint density at radius 3 is 1.90 bits per heavy atom. The van der Waals surface area contributed by atoms with Crippen LogP contribution in [0.3, 0.4) is 0 Å². The first-order chi connectivity index (χ1) is 10.1. The van der Waals surface area contributed by atoms with E-state index in [1.54, 1.807) is 0 Å². The van der Waals surface area contributed by atoms with E-state index in [1.165, 1.54) is 0 Å². The van der Waals surface area contributed by atoms with Crippen LogP contribution in [0, 0.1) is 5.92 Å². The van der Waals surface area contributed by atoms with Crippen molar-refractivity contribution in [1.82, 2.24) is 14.7 Å². The number of hydrogen-bond donors (Lipinski definition) is 0. The summed E-state index contributed by atoms with van der Waals surface area (Å²) in [5.41, 5.74) is 0. The van der Waals surface area contributed by atoms with Gasteiger partial charge in [-0.3, -0.25) is 14.5 Å². The molecule has 0 aromatic heterocycles. The third-order valence-corrected chi connectivity index (χ3v) is 4.49. The average molecular weight is 297 g/mol. The van der Waals surface area contributed by atoms with Gasteiger partial charge < -0.3 is 9.80 Å². The monoisotopic (exact) mass is 297 g/mol. The summed E-state index contributed by atoms with van der Waals surface area (Å²) in [7, 11) is 0. The molecule has 0 radical (unpaired) electrons. The Bertz CT molecular complexity index is 330. The molecule has 0 aromatic carbocycles. The molecule has 1 saturated heterocycles. The Hall–Kier alpha value is -1.10. The molecule has 0 saturated carbocycles. The molecule has 2 amide bonds. The predicted molar refractivity (Wildman–Crippen MR) is 85.0 cm³/mol. The fourth-order valence-corrected chi connectivity index (χ4v) is 2.89. The lowest BCUT2D eigenvalue weighted by Crippen LogP contribution is -2.52. The second-order valence-corrected chi connectivity index (χ2v) is 5.68. The van der Waals surface area contributed by atoms with Crippen LogP contribution in [0.4, 0.5) is 0 Å². The zero-order chi connectivity index (χ0) is 15.8. The summed E-state index contributed by atoms with van der Waals surface area (Å²) in [6.45, 7) is 13.3. The van der Waals surface area contributed by atoms with Gasteiger partial charge in [-0.2, -0.15) is 0 Å². The van der Waals surface area contributed by atoms with Gasteiger partial charge in [-0.05, 0) is 26.7 Å². The lowest BCUT2D eigenvalue weighted by molar-refractivity contribution is -0.138. The molecule has 0 N–H and O–H groups in total. The first-order valence-electron chi connectivity index (χ1n) is 8.36. The highest BCUT2D eigenvalue weighted by Crippen LogP contribution is 2.14. The van der Waals surface area contributed by atoms with Gasteiger partial charge in [0.25, 0.3) is 0 Å². The van der Waals surface area contributed by atoms with Gasteiger partial charge in [0.1, 0.15) is 0 Å². The quantitative estimate of drug-likeness (QED) is 0.714. The van der Waals surface area contributed by atoms with E-state index in [0.29, 0.717) is 6.54 Å². The largest absolute Gasteiger partial charge is 0.342 e. The summed E-state index contributed by atoms with van der Waals surface area (Å²) >= 11 is 0. The number of carbonyl (C=O) groups excluding carboxylic acids is 2. The van der Waals surface area contributed by atoms with Crippen LogP contribution in [0.2, 0.25) is 0 Å². The molecule has 1 aliphatic heterocycles. The van der Waals surface area contributed by atoms with E-state index < -0.39 is 0 Å². The van der Waals surface area contributed by atoms with Crippen molar-refractivity contribution in [2.75, 3.05) is 45.8 Å². The average Bonchev–Trinajstić information content (AvgIpc) is 2.50. The molecular weight excluding hydrogens is 266 g/mol. The molecule has 0 unspecified atom stereocenters. The van der Waals surface area contributed by atoms with Gasteiger partial charge >= 0.3 is 0 Å². The molecule has 1 heterocycles. The summed E-state index contributed by atoms with van der Waals surface area (Å²) in [5, 5.41) is 0. The van der Waals surface area contributed by atoms with Crippen molar-refractivity contribution >= 4 is 11.8 Å². The van der Waals surface area contributed by atoms with Crippen LogP contribution in [-0.2, 0) is 9.59 Å². The first kappa shape index (κ1) is 18.0. The third-order valence-electron chi connectivity index (χ3n) is 4.49. The lowest BCUT2D eigenvalue weighted by atomic mass is 10.0. The van der Waals surface area contributed by atoms with E-state index >= 15 is 0 Å². The maximum atomic E-state index is 12.3. The van der Waals surface area contributed by atoms with E-state index in [-0.39, 0.29) is 17.7 Å². The van der Waals surface area contributed by atoms with Crippen molar-refractivity contribution in [1.29, 1.82) is 0 Å². The number of piperazine rings is 1. The van der Waals surface area contributed by atoms with E-state index in [1.807, 2.05) is 23.6 Å². The van der Waals surface area contributed by atoms with Crippen molar-refractivity contribution in [2.24, 2.45) is 5.92 Å².